The molecule has 0 saturated carbocycles. The molecule has 0 spiro atoms. The Kier molecular flexibility index (Phi) is 4.97. The van der Waals surface area contributed by atoms with Crippen LogP contribution in [-0.2, 0) is 11.3 Å². The summed E-state index contributed by atoms with van der Waals surface area (Å²) in [5.41, 5.74) is 1.03. The Labute approximate surface area is 102 Å². The van der Waals surface area contributed by atoms with E-state index < -0.39 is 11.9 Å². The van der Waals surface area contributed by atoms with Gasteiger partial charge in [-0.15, -0.1) is 0 Å². The molecular formula is C13H19NO3. The molecule has 94 valence electrons. The van der Waals surface area contributed by atoms with E-state index in [2.05, 4.69) is 5.32 Å². The first-order chi connectivity index (χ1) is 8.06. The predicted molar refractivity (Wildman–Crippen MR) is 66.1 cm³/mol. The van der Waals surface area contributed by atoms with E-state index in [0.717, 1.165) is 11.3 Å². The van der Waals surface area contributed by atoms with Crippen molar-refractivity contribution in [2.75, 3.05) is 7.11 Å². The highest BCUT2D eigenvalue weighted by Gasteiger charge is 2.18. The number of para-hydroxylation sites is 1. The van der Waals surface area contributed by atoms with Gasteiger partial charge in [0.25, 0.3) is 0 Å². The summed E-state index contributed by atoms with van der Waals surface area (Å²) in [6.07, 6.45) is 0. The SMILES string of the molecule is COc1ccccc1CNC(C)C(C)C(=O)O. The molecule has 2 atom stereocenters. The van der Waals surface area contributed by atoms with Crippen LogP contribution < -0.4 is 10.1 Å². The van der Waals surface area contributed by atoms with E-state index in [1.807, 2.05) is 31.2 Å². The zero-order valence-electron chi connectivity index (χ0n) is 10.4. The molecule has 4 nitrogen and oxygen atoms in total. The van der Waals surface area contributed by atoms with Crippen LogP contribution in [0, 0.1) is 5.92 Å². The van der Waals surface area contributed by atoms with Gasteiger partial charge in [-0.05, 0) is 13.0 Å². The molecule has 0 fully saturated rings. The summed E-state index contributed by atoms with van der Waals surface area (Å²) < 4.78 is 5.23. The number of rotatable bonds is 6. The Hall–Kier alpha value is -1.55. The Bertz CT molecular complexity index is 379. The van der Waals surface area contributed by atoms with Crippen LogP contribution in [0.4, 0.5) is 0 Å². The van der Waals surface area contributed by atoms with E-state index in [4.69, 9.17) is 9.84 Å². The minimum atomic E-state index is -0.787. The molecule has 0 bridgehead atoms. The molecule has 2 unspecified atom stereocenters. The monoisotopic (exact) mass is 237 g/mol. The highest BCUT2D eigenvalue weighted by Crippen LogP contribution is 2.17. The lowest BCUT2D eigenvalue weighted by Gasteiger charge is -2.18. The van der Waals surface area contributed by atoms with Crippen LogP contribution in [0.5, 0.6) is 5.75 Å². The number of hydrogen-bond donors (Lipinski definition) is 2. The first-order valence-corrected chi connectivity index (χ1v) is 5.64. The van der Waals surface area contributed by atoms with Crippen molar-refractivity contribution >= 4 is 5.97 Å². The molecule has 0 amide bonds. The number of carbonyl (C=O) groups is 1. The second kappa shape index (κ2) is 6.25. The number of aliphatic carboxylic acids is 1. The average Bonchev–Trinajstić information content (AvgIpc) is 2.35. The van der Waals surface area contributed by atoms with Gasteiger partial charge in [0, 0.05) is 18.2 Å². The van der Waals surface area contributed by atoms with E-state index in [-0.39, 0.29) is 6.04 Å². The summed E-state index contributed by atoms with van der Waals surface area (Å²) in [4.78, 5) is 10.8. The smallest absolute Gasteiger partial charge is 0.307 e. The van der Waals surface area contributed by atoms with Crippen molar-refractivity contribution in [2.24, 2.45) is 5.92 Å². The number of nitrogens with one attached hydrogen (secondary N) is 1. The van der Waals surface area contributed by atoms with Gasteiger partial charge in [0.15, 0.2) is 0 Å². The normalized spacial score (nSPS) is 14.1. The molecule has 0 aliphatic rings. The van der Waals surface area contributed by atoms with Crippen LogP contribution >= 0.6 is 0 Å². The summed E-state index contributed by atoms with van der Waals surface area (Å²) in [7, 11) is 1.63. The maximum absolute atomic E-state index is 10.8. The molecule has 0 radical (unpaired) electrons. The van der Waals surface area contributed by atoms with Gasteiger partial charge in [0.1, 0.15) is 5.75 Å². The fourth-order valence-corrected chi connectivity index (χ4v) is 1.51. The van der Waals surface area contributed by atoms with Gasteiger partial charge in [-0.1, -0.05) is 25.1 Å². The third-order valence-electron chi connectivity index (χ3n) is 2.95. The van der Waals surface area contributed by atoms with Crippen LogP contribution in [-0.4, -0.2) is 24.2 Å². The highest BCUT2D eigenvalue weighted by molar-refractivity contribution is 5.70. The van der Waals surface area contributed by atoms with Crippen molar-refractivity contribution in [2.45, 2.75) is 26.4 Å². The maximum Gasteiger partial charge on any atom is 0.307 e. The number of benzene rings is 1. The largest absolute Gasteiger partial charge is 0.496 e. The summed E-state index contributed by atoms with van der Waals surface area (Å²) in [5, 5.41) is 12.1. The van der Waals surface area contributed by atoms with Crippen molar-refractivity contribution in [3.63, 3.8) is 0 Å². The third kappa shape index (κ3) is 3.75. The van der Waals surface area contributed by atoms with E-state index in [1.165, 1.54) is 0 Å². The minimum Gasteiger partial charge on any atom is -0.496 e. The number of hydrogen-bond acceptors (Lipinski definition) is 3. The molecule has 0 aromatic heterocycles. The molecule has 1 aromatic carbocycles. The quantitative estimate of drug-likeness (QED) is 0.793. The van der Waals surface area contributed by atoms with Gasteiger partial charge < -0.3 is 15.2 Å². The van der Waals surface area contributed by atoms with Crippen molar-refractivity contribution in [3.8, 4) is 5.75 Å². The van der Waals surface area contributed by atoms with E-state index in [9.17, 15) is 4.79 Å². The Morgan fingerprint density at radius 2 is 2.06 bits per heavy atom. The molecule has 0 aliphatic carbocycles. The Morgan fingerprint density at radius 3 is 2.65 bits per heavy atom. The third-order valence-corrected chi connectivity index (χ3v) is 2.95. The van der Waals surface area contributed by atoms with E-state index in [1.54, 1.807) is 14.0 Å². The molecule has 4 heteroatoms. The second-order valence-corrected chi connectivity index (χ2v) is 4.11. The van der Waals surface area contributed by atoms with Crippen LogP contribution in [0.1, 0.15) is 19.4 Å². The topological polar surface area (TPSA) is 58.6 Å². The van der Waals surface area contributed by atoms with Crippen LogP contribution in [0.25, 0.3) is 0 Å². The first-order valence-electron chi connectivity index (χ1n) is 5.64. The molecule has 0 heterocycles. The summed E-state index contributed by atoms with van der Waals surface area (Å²) in [5.74, 6) is -0.384. The summed E-state index contributed by atoms with van der Waals surface area (Å²) in [6, 6.07) is 7.61. The lowest BCUT2D eigenvalue weighted by atomic mass is 10.0. The summed E-state index contributed by atoms with van der Waals surface area (Å²) >= 11 is 0. The number of carboxylic acid groups (broad SMARTS) is 1. The predicted octanol–water partition coefficient (Wildman–Crippen LogP) is 1.89. The summed E-state index contributed by atoms with van der Waals surface area (Å²) in [6.45, 7) is 4.17. The van der Waals surface area contributed by atoms with Gasteiger partial charge in [-0.25, -0.2) is 0 Å². The standard InChI is InChI=1S/C13H19NO3/c1-9(13(15)16)10(2)14-8-11-6-4-5-7-12(11)17-3/h4-7,9-10,14H,8H2,1-3H3,(H,15,16). The fourth-order valence-electron chi connectivity index (χ4n) is 1.51. The van der Waals surface area contributed by atoms with Crippen molar-refractivity contribution in [1.29, 1.82) is 0 Å². The molecule has 0 saturated heterocycles. The highest BCUT2D eigenvalue weighted by atomic mass is 16.5. The van der Waals surface area contributed by atoms with E-state index >= 15 is 0 Å². The average molecular weight is 237 g/mol. The lowest BCUT2D eigenvalue weighted by Crippen LogP contribution is -2.35. The molecule has 17 heavy (non-hydrogen) atoms. The van der Waals surface area contributed by atoms with Gasteiger partial charge in [-0.2, -0.15) is 0 Å². The zero-order valence-corrected chi connectivity index (χ0v) is 10.4. The van der Waals surface area contributed by atoms with Gasteiger partial charge in [0.2, 0.25) is 0 Å². The van der Waals surface area contributed by atoms with Crippen molar-refractivity contribution in [1.82, 2.24) is 5.32 Å². The Balaban J connectivity index is 2.58. The number of carboxylic acids is 1. The van der Waals surface area contributed by atoms with Gasteiger partial charge >= 0.3 is 5.97 Å². The maximum atomic E-state index is 10.8. The molecule has 1 rings (SSSR count). The van der Waals surface area contributed by atoms with Crippen LogP contribution in [0.2, 0.25) is 0 Å². The molecule has 1 aromatic rings. The fraction of sp³-hybridized carbons (Fsp3) is 0.462. The zero-order chi connectivity index (χ0) is 12.8. The van der Waals surface area contributed by atoms with Crippen LogP contribution in [0.15, 0.2) is 24.3 Å². The minimum absolute atomic E-state index is 0.0857. The lowest BCUT2D eigenvalue weighted by molar-refractivity contribution is -0.141. The van der Waals surface area contributed by atoms with Crippen LogP contribution in [0.3, 0.4) is 0 Å². The molecule has 0 aliphatic heterocycles. The van der Waals surface area contributed by atoms with Gasteiger partial charge in [0.05, 0.1) is 13.0 Å². The second-order valence-electron chi connectivity index (χ2n) is 4.11. The van der Waals surface area contributed by atoms with E-state index in [0.29, 0.717) is 6.54 Å². The molecular weight excluding hydrogens is 218 g/mol. The number of ether oxygens (including phenoxy) is 1. The Morgan fingerprint density at radius 1 is 1.41 bits per heavy atom. The number of methoxy groups -OCH3 is 1. The van der Waals surface area contributed by atoms with Gasteiger partial charge in [-0.3, -0.25) is 4.79 Å². The first kappa shape index (κ1) is 13.5. The molecule has 2 N–H and O–H groups in total. The van der Waals surface area contributed by atoms with Crippen molar-refractivity contribution in [3.05, 3.63) is 29.8 Å². The van der Waals surface area contributed by atoms with Crippen molar-refractivity contribution < 1.29 is 14.6 Å².